The van der Waals surface area contributed by atoms with Gasteiger partial charge in [0, 0.05) is 33.4 Å². The summed E-state index contributed by atoms with van der Waals surface area (Å²) in [4.78, 5) is 12.2. The predicted molar refractivity (Wildman–Crippen MR) is 157 cm³/mol. The monoisotopic (exact) mass is 564 g/mol. The van der Waals surface area contributed by atoms with Gasteiger partial charge in [0.2, 0.25) is 0 Å². The highest BCUT2D eigenvalue weighted by atomic mass is 31.2. The topological polar surface area (TPSA) is 89.5 Å². The number of rotatable bonds is 27. The lowest BCUT2D eigenvalue weighted by Crippen LogP contribution is -2.31. The summed E-state index contributed by atoms with van der Waals surface area (Å²) >= 11 is 0. The summed E-state index contributed by atoms with van der Waals surface area (Å²) in [6.45, 7) is 7.88. The van der Waals surface area contributed by atoms with Crippen LogP contribution in [-0.2, 0) is 23.1 Å². The molecule has 0 bridgehead atoms. The van der Waals surface area contributed by atoms with Gasteiger partial charge in [-0.25, -0.2) is 4.57 Å². The van der Waals surface area contributed by atoms with Gasteiger partial charge in [-0.05, 0) is 25.9 Å². The third-order valence-corrected chi connectivity index (χ3v) is 8.28. The molecule has 1 rings (SSSR count). The molecule has 1 aliphatic heterocycles. The lowest BCUT2D eigenvalue weighted by Gasteiger charge is -2.21. The second kappa shape index (κ2) is 25.9. The molecule has 228 valence electrons. The van der Waals surface area contributed by atoms with E-state index >= 15 is 0 Å². The first kappa shape index (κ1) is 36.0. The fourth-order valence-corrected chi connectivity index (χ4v) is 5.52. The Bertz CT molecular complexity index is 549. The number of phosphoric ester groups is 1. The molecule has 9 heteroatoms. The van der Waals surface area contributed by atoms with E-state index in [1.54, 1.807) is 7.11 Å². The Morgan fingerprint density at radius 3 is 1.92 bits per heavy atom. The van der Waals surface area contributed by atoms with Crippen molar-refractivity contribution >= 4 is 7.82 Å². The van der Waals surface area contributed by atoms with Gasteiger partial charge in [-0.1, -0.05) is 103 Å². The summed E-state index contributed by atoms with van der Waals surface area (Å²) < 4.78 is 33.5. The van der Waals surface area contributed by atoms with Gasteiger partial charge in [-0.2, -0.15) is 0 Å². The highest BCUT2D eigenvalue weighted by Crippen LogP contribution is 2.43. The van der Waals surface area contributed by atoms with Crippen LogP contribution in [0.3, 0.4) is 0 Å². The van der Waals surface area contributed by atoms with Crippen LogP contribution in [-0.4, -0.2) is 82.2 Å². The zero-order valence-corrected chi connectivity index (χ0v) is 25.7. The van der Waals surface area contributed by atoms with Crippen LogP contribution < -0.4 is 5.32 Å². The van der Waals surface area contributed by atoms with Gasteiger partial charge in [-0.3, -0.25) is 13.9 Å². The summed E-state index contributed by atoms with van der Waals surface area (Å²) in [5, 5.41) is 3.34. The third-order valence-electron chi connectivity index (χ3n) is 7.30. The molecule has 0 aromatic heterocycles. The maximum atomic E-state index is 12.2. The molecule has 1 saturated heterocycles. The second-order valence-corrected chi connectivity index (χ2v) is 12.2. The minimum absolute atomic E-state index is 0.0309. The van der Waals surface area contributed by atoms with Crippen molar-refractivity contribution in [2.24, 2.45) is 0 Å². The fourth-order valence-electron chi connectivity index (χ4n) is 4.78. The average Bonchev–Trinajstić information content (AvgIpc) is 3.18. The molecule has 8 nitrogen and oxygen atoms in total. The van der Waals surface area contributed by atoms with Gasteiger partial charge in [0.25, 0.3) is 0 Å². The number of nitrogens with one attached hydrogen (secondary N) is 1. The molecule has 2 N–H and O–H groups in total. The van der Waals surface area contributed by atoms with E-state index in [1.807, 2.05) is 0 Å². The van der Waals surface area contributed by atoms with Gasteiger partial charge in [0.1, 0.15) is 6.10 Å². The zero-order chi connectivity index (χ0) is 27.6. The van der Waals surface area contributed by atoms with E-state index in [-0.39, 0.29) is 13.2 Å². The molecule has 38 heavy (non-hydrogen) atoms. The minimum atomic E-state index is -4.09. The van der Waals surface area contributed by atoms with Crippen molar-refractivity contribution in [1.29, 1.82) is 0 Å². The molecule has 0 aromatic rings. The number of hydrogen-bond acceptors (Lipinski definition) is 7. The molecule has 0 amide bonds. The van der Waals surface area contributed by atoms with Gasteiger partial charge in [0.15, 0.2) is 0 Å². The van der Waals surface area contributed by atoms with Gasteiger partial charge in [0.05, 0.1) is 19.8 Å². The molecule has 1 aliphatic rings. The van der Waals surface area contributed by atoms with E-state index in [0.29, 0.717) is 19.8 Å². The Hall–Kier alpha value is -0.0500. The largest absolute Gasteiger partial charge is 0.472 e. The molecule has 0 radical (unpaired) electrons. The van der Waals surface area contributed by atoms with Crippen LogP contribution in [0.25, 0.3) is 0 Å². The van der Waals surface area contributed by atoms with Crippen LogP contribution in [0.4, 0.5) is 0 Å². The molecule has 1 fully saturated rings. The van der Waals surface area contributed by atoms with E-state index in [4.69, 9.17) is 18.5 Å². The average molecular weight is 565 g/mol. The number of phosphoric acid groups is 1. The van der Waals surface area contributed by atoms with Crippen molar-refractivity contribution in [3.63, 3.8) is 0 Å². The quantitative estimate of drug-likeness (QED) is 0.0841. The number of ether oxygens (including phenoxy) is 2. The van der Waals surface area contributed by atoms with Crippen molar-refractivity contribution < 1.29 is 28.0 Å². The Balaban J connectivity index is 1.88. The number of methoxy groups -OCH3 is 1. The molecular weight excluding hydrogens is 503 g/mol. The summed E-state index contributed by atoms with van der Waals surface area (Å²) in [7, 11) is -2.54. The highest BCUT2D eigenvalue weighted by Gasteiger charge is 2.24. The Morgan fingerprint density at radius 2 is 1.34 bits per heavy atom. The van der Waals surface area contributed by atoms with Crippen LogP contribution in [0.5, 0.6) is 0 Å². The molecule has 2 atom stereocenters. The fraction of sp³-hybridized carbons (Fsp3) is 1.00. The molecule has 0 spiro atoms. The smallest absolute Gasteiger partial charge is 0.379 e. The maximum Gasteiger partial charge on any atom is 0.472 e. The van der Waals surface area contributed by atoms with Crippen LogP contribution in [0.1, 0.15) is 116 Å². The summed E-state index contributed by atoms with van der Waals surface area (Å²) in [5.41, 5.74) is 0. The van der Waals surface area contributed by atoms with E-state index in [2.05, 4.69) is 17.1 Å². The lowest BCUT2D eigenvalue weighted by atomic mass is 10.0. The minimum Gasteiger partial charge on any atom is -0.379 e. The molecule has 0 aromatic carbocycles. The van der Waals surface area contributed by atoms with E-state index in [0.717, 1.165) is 39.0 Å². The van der Waals surface area contributed by atoms with Gasteiger partial charge >= 0.3 is 7.82 Å². The SMILES string of the molecule is CCCCCCCCCCCCCCCCCCOCC(COP(=O)(O)OCCN1CCCNCC1)OC. The zero-order valence-electron chi connectivity index (χ0n) is 24.8. The second-order valence-electron chi connectivity index (χ2n) is 10.8. The molecule has 2 unspecified atom stereocenters. The standard InChI is InChI=1S/C29H61N2O6P/c1-3-4-5-6-7-8-9-10-11-12-13-14-15-16-17-18-25-35-27-29(34-2)28-37-38(32,33)36-26-24-31-22-19-20-30-21-23-31/h29-30H,3-28H2,1-2H3,(H,32,33). The lowest BCUT2D eigenvalue weighted by molar-refractivity contribution is -0.0223. The van der Waals surface area contributed by atoms with Crippen LogP contribution in [0, 0.1) is 0 Å². The van der Waals surface area contributed by atoms with Gasteiger partial charge in [-0.15, -0.1) is 0 Å². The third kappa shape index (κ3) is 22.7. The van der Waals surface area contributed by atoms with Crippen LogP contribution in [0.15, 0.2) is 0 Å². The highest BCUT2D eigenvalue weighted by molar-refractivity contribution is 7.47. The molecule has 1 heterocycles. The number of hydrogen-bond donors (Lipinski definition) is 2. The molecular formula is C29H61N2O6P. The Kier molecular flexibility index (Phi) is 24.5. The predicted octanol–water partition coefficient (Wildman–Crippen LogP) is 6.71. The molecule has 0 aliphatic carbocycles. The number of nitrogens with zero attached hydrogens (tertiary/aromatic N) is 1. The van der Waals surface area contributed by atoms with Crippen molar-refractivity contribution in [1.82, 2.24) is 10.2 Å². The van der Waals surface area contributed by atoms with E-state index in [1.165, 1.54) is 96.3 Å². The van der Waals surface area contributed by atoms with Crippen molar-refractivity contribution in [2.75, 3.05) is 66.3 Å². The summed E-state index contributed by atoms with van der Waals surface area (Å²) in [6, 6.07) is 0. The Morgan fingerprint density at radius 1 is 0.763 bits per heavy atom. The summed E-state index contributed by atoms with van der Waals surface area (Å²) in [5.74, 6) is 0. The van der Waals surface area contributed by atoms with Crippen molar-refractivity contribution in [3.8, 4) is 0 Å². The first-order valence-electron chi connectivity index (χ1n) is 15.7. The van der Waals surface area contributed by atoms with Crippen LogP contribution in [0.2, 0.25) is 0 Å². The summed E-state index contributed by atoms with van der Waals surface area (Å²) in [6.07, 6.45) is 22.3. The normalized spacial score (nSPS) is 17.3. The van der Waals surface area contributed by atoms with Gasteiger partial charge < -0.3 is 19.7 Å². The first-order valence-corrected chi connectivity index (χ1v) is 17.2. The Labute approximate surface area is 234 Å². The van der Waals surface area contributed by atoms with E-state index in [9.17, 15) is 9.46 Å². The number of unbranched alkanes of at least 4 members (excludes halogenated alkanes) is 15. The first-order chi connectivity index (χ1) is 18.6. The van der Waals surface area contributed by atoms with Crippen LogP contribution >= 0.6 is 7.82 Å². The maximum absolute atomic E-state index is 12.2. The van der Waals surface area contributed by atoms with Crippen molar-refractivity contribution in [2.45, 2.75) is 122 Å². The molecule has 0 saturated carbocycles. The van der Waals surface area contributed by atoms with Crippen molar-refractivity contribution in [3.05, 3.63) is 0 Å². The van der Waals surface area contributed by atoms with E-state index < -0.39 is 13.9 Å².